The first kappa shape index (κ1) is 15.1. The molecule has 0 aliphatic heterocycles. The minimum atomic E-state index is 0.337. The summed E-state index contributed by atoms with van der Waals surface area (Å²) in [5, 5.41) is 4.84. The van der Waals surface area contributed by atoms with E-state index >= 15 is 0 Å². The highest BCUT2D eigenvalue weighted by atomic mass is 16.3. The van der Waals surface area contributed by atoms with Gasteiger partial charge in [0, 0.05) is 5.39 Å². The van der Waals surface area contributed by atoms with E-state index in [1.165, 1.54) is 18.2 Å². The van der Waals surface area contributed by atoms with E-state index in [4.69, 9.17) is 4.42 Å². The molecular weight excluding hydrogens is 246 g/mol. The van der Waals surface area contributed by atoms with Crippen molar-refractivity contribution >= 4 is 11.0 Å². The molecule has 0 aliphatic carbocycles. The first-order valence-corrected chi connectivity index (χ1v) is 7.96. The van der Waals surface area contributed by atoms with Gasteiger partial charge < -0.3 is 9.73 Å². The van der Waals surface area contributed by atoms with Crippen molar-refractivity contribution in [2.45, 2.75) is 52.5 Å². The summed E-state index contributed by atoms with van der Waals surface area (Å²) in [6.07, 6.45) is 4.83. The summed E-state index contributed by atoms with van der Waals surface area (Å²) in [7, 11) is 0. The molecule has 0 bridgehead atoms. The Kier molecular flexibility index (Phi) is 5.66. The van der Waals surface area contributed by atoms with E-state index < -0.39 is 0 Å². The van der Waals surface area contributed by atoms with Crippen molar-refractivity contribution in [3.8, 4) is 0 Å². The molecule has 2 aromatic rings. The van der Waals surface area contributed by atoms with Crippen LogP contribution in [0.2, 0.25) is 0 Å². The zero-order valence-electron chi connectivity index (χ0n) is 13.0. The van der Waals surface area contributed by atoms with Crippen LogP contribution in [0, 0.1) is 5.92 Å². The van der Waals surface area contributed by atoms with Crippen molar-refractivity contribution < 1.29 is 4.42 Å². The van der Waals surface area contributed by atoms with E-state index in [-0.39, 0.29) is 0 Å². The molecule has 20 heavy (non-hydrogen) atoms. The van der Waals surface area contributed by atoms with Crippen LogP contribution in [0.15, 0.2) is 34.7 Å². The van der Waals surface area contributed by atoms with Crippen LogP contribution in [0.4, 0.5) is 0 Å². The van der Waals surface area contributed by atoms with Crippen molar-refractivity contribution in [1.82, 2.24) is 5.32 Å². The Morgan fingerprint density at radius 2 is 1.95 bits per heavy atom. The fourth-order valence-electron chi connectivity index (χ4n) is 2.81. The van der Waals surface area contributed by atoms with Gasteiger partial charge in [-0.3, -0.25) is 0 Å². The fourth-order valence-corrected chi connectivity index (χ4v) is 2.81. The van der Waals surface area contributed by atoms with E-state index in [0.29, 0.717) is 6.04 Å². The molecule has 110 valence electrons. The molecule has 0 amide bonds. The summed E-state index contributed by atoms with van der Waals surface area (Å²) < 4.78 is 6.04. The Morgan fingerprint density at radius 1 is 1.15 bits per heavy atom. The standard InChI is InChI=1S/C18H27NO/c1-4-8-14(3)12-16(19-11-5-2)18-13-15-9-6-7-10-17(15)20-18/h6-7,9-10,13-14,16,19H,4-5,8,11-12H2,1-3H3. The lowest BCUT2D eigenvalue weighted by Gasteiger charge is -2.20. The molecule has 1 aromatic heterocycles. The molecule has 2 nitrogen and oxygen atoms in total. The van der Waals surface area contributed by atoms with Gasteiger partial charge in [0.2, 0.25) is 0 Å². The smallest absolute Gasteiger partial charge is 0.134 e. The van der Waals surface area contributed by atoms with Gasteiger partial charge in [0.05, 0.1) is 6.04 Å². The van der Waals surface area contributed by atoms with Crippen LogP contribution in [-0.2, 0) is 0 Å². The van der Waals surface area contributed by atoms with Crippen LogP contribution in [0.3, 0.4) is 0 Å². The lowest BCUT2D eigenvalue weighted by Crippen LogP contribution is -2.23. The number of para-hydroxylation sites is 1. The summed E-state index contributed by atoms with van der Waals surface area (Å²) in [4.78, 5) is 0. The number of benzene rings is 1. The van der Waals surface area contributed by atoms with Crippen LogP contribution in [-0.4, -0.2) is 6.54 Å². The van der Waals surface area contributed by atoms with E-state index in [2.05, 4.69) is 44.3 Å². The molecule has 1 N–H and O–H groups in total. The van der Waals surface area contributed by atoms with Gasteiger partial charge in [0.15, 0.2) is 0 Å². The van der Waals surface area contributed by atoms with Crippen molar-refractivity contribution in [2.75, 3.05) is 6.54 Å². The third-order valence-corrected chi connectivity index (χ3v) is 3.85. The van der Waals surface area contributed by atoms with Crippen LogP contribution in [0.25, 0.3) is 11.0 Å². The lowest BCUT2D eigenvalue weighted by atomic mass is 9.96. The highest BCUT2D eigenvalue weighted by molar-refractivity contribution is 5.77. The van der Waals surface area contributed by atoms with Gasteiger partial charge in [-0.25, -0.2) is 0 Å². The maximum absolute atomic E-state index is 6.04. The molecule has 2 atom stereocenters. The molecule has 2 unspecified atom stereocenters. The summed E-state index contributed by atoms with van der Waals surface area (Å²) >= 11 is 0. The summed E-state index contributed by atoms with van der Waals surface area (Å²) in [6, 6.07) is 10.8. The second kappa shape index (κ2) is 7.49. The average Bonchev–Trinajstić information content (AvgIpc) is 2.87. The molecule has 0 saturated carbocycles. The SMILES string of the molecule is CCCNC(CC(C)CCC)c1cc2ccccc2o1. The van der Waals surface area contributed by atoms with E-state index in [1.54, 1.807) is 0 Å². The van der Waals surface area contributed by atoms with Crippen LogP contribution >= 0.6 is 0 Å². The predicted molar refractivity (Wildman–Crippen MR) is 85.9 cm³/mol. The molecule has 2 heteroatoms. The van der Waals surface area contributed by atoms with Gasteiger partial charge in [-0.1, -0.05) is 51.8 Å². The molecular formula is C18H27NO. The zero-order valence-corrected chi connectivity index (χ0v) is 13.0. The molecule has 2 rings (SSSR count). The van der Waals surface area contributed by atoms with Gasteiger partial charge >= 0.3 is 0 Å². The Labute approximate surface area is 122 Å². The number of rotatable bonds is 8. The average molecular weight is 273 g/mol. The molecule has 0 aliphatic rings. The van der Waals surface area contributed by atoms with Crippen LogP contribution in [0.5, 0.6) is 0 Å². The van der Waals surface area contributed by atoms with Gasteiger partial charge in [0.25, 0.3) is 0 Å². The number of hydrogen-bond acceptors (Lipinski definition) is 2. The van der Waals surface area contributed by atoms with Crippen LogP contribution in [0.1, 0.15) is 58.3 Å². The highest BCUT2D eigenvalue weighted by Crippen LogP contribution is 2.29. The van der Waals surface area contributed by atoms with Gasteiger partial charge in [-0.05, 0) is 37.4 Å². The van der Waals surface area contributed by atoms with Crippen molar-refractivity contribution in [1.29, 1.82) is 0 Å². The number of nitrogens with one attached hydrogen (secondary N) is 1. The van der Waals surface area contributed by atoms with Crippen molar-refractivity contribution in [3.63, 3.8) is 0 Å². The van der Waals surface area contributed by atoms with Crippen LogP contribution < -0.4 is 5.32 Å². The third kappa shape index (κ3) is 3.86. The first-order chi connectivity index (χ1) is 9.74. The molecule has 0 radical (unpaired) electrons. The third-order valence-electron chi connectivity index (χ3n) is 3.85. The molecule has 1 heterocycles. The first-order valence-electron chi connectivity index (χ1n) is 7.96. The normalized spacial score (nSPS) is 14.6. The molecule has 0 spiro atoms. The minimum Gasteiger partial charge on any atom is -0.459 e. The molecule has 0 fully saturated rings. The number of furan rings is 1. The monoisotopic (exact) mass is 273 g/mol. The fraction of sp³-hybridized carbons (Fsp3) is 0.556. The second-order valence-electron chi connectivity index (χ2n) is 5.82. The van der Waals surface area contributed by atoms with Crippen molar-refractivity contribution in [2.24, 2.45) is 5.92 Å². The molecule has 0 saturated heterocycles. The van der Waals surface area contributed by atoms with Crippen molar-refractivity contribution in [3.05, 3.63) is 36.1 Å². The quantitative estimate of drug-likeness (QED) is 0.706. The Balaban J connectivity index is 2.15. The summed E-state index contributed by atoms with van der Waals surface area (Å²) in [5.41, 5.74) is 0.994. The van der Waals surface area contributed by atoms with E-state index in [0.717, 1.165) is 36.6 Å². The second-order valence-corrected chi connectivity index (χ2v) is 5.82. The maximum atomic E-state index is 6.04. The summed E-state index contributed by atoms with van der Waals surface area (Å²) in [5.74, 6) is 1.81. The Hall–Kier alpha value is -1.28. The maximum Gasteiger partial charge on any atom is 0.134 e. The van der Waals surface area contributed by atoms with Gasteiger partial charge in [-0.15, -0.1) is 0 Å². The zero-order chi connectivity index (χ0) is 14.4. The predicted octanol–water partition coefficient (Wildman–Crippen LogP) is 5.30. The molecule has 1 aromatic carbocycles. The number of fused-ring (bicyclic) bond motifs is 1. The Morgan fingerprint density at radius 3 is 2.65 bits per heavy atom. The lowest BCUT2D eigenvalue weighted by molar-refractivity contribution is 0.348. The number of hydrogen-bond donors (Lipinski definition) is 1. The highest BCUT2D eigenvalue weighted by Gasteiger charge is 2.18. The largest absolute Gasteiger partial charge is 0.459 e. The summed E-state index contributed by atoms with van der Waals surface area (Å²) in [6.45, 7) is 7.84. The van der Waals surface area contributed by atoms with E-state index in [9.17, 15) is 0 Å². The van der Waals surface area contributed by atoms with Gasteiger partial charge in [0.1, 0.15) is 11.3 Å². The topological polar surface area (TPSA) is 25.2 Å². The Bertz CT molecular complexity index is 484. The minimum absolute atomic E-state index is 0.337. The van der Waals surface area contributed by atoms with Gasteiger partial charge in [-0.2, -0.15) is 0 Å². The van der Waals surface area contributed by atoms with E-state index in [1.807, 2.05) is 12.1 Å².